The Morgan fingerprint density at radius 3 is 2.14 bits per heavy atom. The molecule has 0 bridgehead atoms. The number of non-ortho nitro benzene ring substituents is 1. The van der Waals surface area contributed by atoms with Gasteiger partial charge in [0.2, 0.25) is 5.91 Å². The molecule has 0 aliphatic carbocycles. The van der Waals surface area contributed by atoms with Crippen molar-refractivity contribution in [1.29, 1.82) is 5.26 Å². The van der Waals surface area contributed by atoms with Gasteiger partial charge in [-0.3, -0.25) is 14.9 Å². The van der Waals surface area contributed by atoms with E-state index < -0.39 is 39.3 Å². The Morgan fingerprint density at radius 2 is 1.61 bits per heavy atom. The van der Waals surface area contributed by atoms with Crippen molar-refractivity contribution in [1.82, 2.24) is 4.31 Å². The number of ether oxygens (including phenoxy) is 1. The first kappa shape index (κ1) is 26.1. The molecule has 10 nitrogen and oxygen atoms in total. The summed E-state index contributed by atoms with van der Waals surface area (Å²) >= 11 is 0. The van der Waals surface area contributed by atoms with Crippen molar-refractivity contribution in [2.45, 2.75) is 24.3 Å². The number of hydrogen-bond acceptors (Lipinski definition) is 8. The second-order valence-corrected chi connectivity index (χ2v) is 9.78. The molecule has 1 unspecified atom stereocenters. The number of rotatable bonds is 8. The van der Waals surface area contributed by atoms with E-state index >= 15 is 0 Å². The largest absolute Gasteiger partial charge is 0.453 e. The number of amides is 1. The maximum Gasteiger partial charge on any atom is 0.338 e. The topological polar surface area (TPSA) is 148 Å². The van der Waals surface area contributed by atoms with E-state index in [0.717, 1.165) is 24.7 Å². The number of benzene rings is 3. The number of nitro groups is 1. The van der Waals surface area contributed by atoms with Gasteiger partial charge in [0.15, 0.2) is 0 Å². The summed E-state index contributed by atoms with van der Waals surface area (Å²) in [6.45, 7) is 1.80. The van der Waals surface area contributed by atoms with Crippen molar-refractivity contribution >= 4 is 27.6 Å². The van der Waals surface area contributed by atoms with Gasteiger partial charge in [-0.2, -0.15) is 5.26 Å². The molecule has 3 aromatic carbocycles. The van der Waals surface area contributed by atoms with E-state index in [0.29, 0.717) is 15.4 Å². The predicted octanol–water partition coefficient (Wildman–Crippen LogP) is 3.91. The molecule has 0 aliphatic heterocycles. The molecule has 184 valence electrons. The van der Waals surface area contributed by atoms with E-state index in [2.05, 4.69) is 0 Å². The van der Waals surface area contributed by atoms with Crippen LogP contribution in [-0.2, 0) is 19.6 Å². The molecule has 0 heterocycles. The van der Waals surface area contributed by atoms with Gasteiger partial charge in [0.05, 0.1) is 33.4 Å². The Morgan fingerprint density at radius 1 is 1.03 bits per heavy atom. The number of esters is 1. The van der Waals surface area contributed by atoms with Crippen molar-refractivity contribution in [2.75, 3.05) is 7.05 Å². The molecule has 36 heavy (non-hydrogen) atoms. The fraction of sp³-hybridized carbons (Fsp3) is 0.160. The number of carbonyl (C=O) groups excluding carboxylic acids is 2. The summed E-state index contributed by atoms with van der Waals surface area (Å²) in [6, 6.07) is 18.6. The molecule has 1 atom stereocenters. The molecular weight excluding hydrogens is 486 g/mol. The highest BCUT2D eigenvalue weighted by molar-refractivity contribution is 7.89. The summed E-state index contributed by atoms with van der Waals surface area (Å²) in [7, 11) is -3.03. The molecule has 3 rings (SSSR count). The minimum absolute atomic E-state index is 0.00678. The molecule has 11 heteroatoms. The third kappa shape index (κ3) is 5.92. The van der Waals surface area contributed by atoms with Crippen LogP contribution in [0.3, 0.4) is 0 Å². The van der Waals surface area contributed by atoms with Crippen LogP contribution in [0.1, 0.15) is 39.6 Å². The zero-order chi connectivity index (χ0) is 26.5. The first-order chi connectivity index (χ1) is 17.0. The Kier molecular flexibility index (Phi) is 7.81. The second-order valence-electron chi connectivity index (χ2n) is 7.82. The minimum Gasteiger partial charge on any atom is -0.453 e. The van der Waals surface area contributed by atoms with Crippen molar-refractivity contribution in [3.63, 3.8) is 0 Å². The van der Waals surface area contributed by atoms with Crippen LogP contribution in [0.25, 0.3) is 0 Å². The van der Waals surface area contributed by atoms with E-state index in [1.165, 1.54) is 48.5 Å². The van der Waals surface area contributed by atoms with Gasteiger partial charge >= 0.3 is 5.97 Å². The minimum atomic E-state index is -4.15. The lowest BCUT2D eigenvalue weighted by molar-refractivity contribution is -0.384. The van der Waals surface area contributed by atoms with Crippen LogP contribution in [0.5, 0.6) is 0 Å². The summed E-state index contributed by atoms with van der Waals surface area (Å²) < 4.78 is 32.0. The fourth-order valence-corrected chi connectivity index (χ4v) is 4.34. The number of carbonyl (C=O) groups is 2. The molecule has 0 fully saturated rings. The molecule has 0 radical (unpaired) electrons. The summed E-state index contributed by atoms with van der Waals surface area (Å²) in [4.78, 5) is 35.9. The van der Waals surface area contributed by atoms with Gasteiger partial charge in [0.1, 0.15) is 6.10 Å². The summed E-state index contributed by atoms with van der Waals surface area (Å²) in [5.74, 6) is -1.70. The summed E-state index contributed by atoms with van der Waals surface area (Å²) in [6.07, 6.45) is -1.70. The van der Waals surface area contributed by atoms with Crippen LogP contribution in [0.4, 0.5) is 5.69 Å². The van der Waals surface area contributed by atoms with Gasteiger partial charge in [0.25, 0.3) is 15.7 Å². The molecule has 0 saturated carbocycles. The van der Waals surface area contributed by atoms with Crippen molar-refractivity contribution in [2.24, 2.45) is 0 Å². The molecule has 0 saturated heterocycles. The van der Waals surface area contributed by atoms with Crippen LogP contribution < -0.4 is 0 Å². The molecule has 3 aromatic rings. The average Bonchev–Trinajstić information content (AvgIpc) is 2.88. The van der Waals surface area contributed by atoms with Crippen LogP contribution in [0.15, 0.2) is 77.7 Å². The number of nitro benzene ring substituents is 1. The maximum atomic E-state index is 13.0. The average molecular weight is 508 g/mol. The molecular formula is C25H21N3O7S. The molecule has 0 N–H and O–H groups in total. The van der Waals surface area contributed by atoms with E-state index in [1.54, 1.807) is 19.1 Å². The first-order valence-electron chi connectivity index (χ1n) is 10.6. The lowest BCUT2D eigenvalue weighted by Gasteiger charge is -2.22. The predicted molar refractivity (Wildman–Crippen MR) is 128 cm³/mol. The highest BCUT2D eigenvalue weighted by atomic mass is 32.2. The molecule has 0 aliphatic rings. The SMILES string of the molecule is Cc1ccc(S(=O)(=O)N(C)C(=O)CC(OC(=O)c2ccc([N+](=O)[O-])cc2)c2ccc(C#N)cc2)cc1. The normalized spacial score (nSPS) is 11.7. The van der Waals surface area contributed by atoms with Gasteiger partial charge in [-0.25, -0.2) is 17.5 Å². The van der Waals surface area contributed by atoms with Gasteiger partial charge in [-0.15, -0.1) is 0 Å². The lowest BCUT2D eigenvalue weighted by Crippen LogP contribution is -2.34. The lowest BCUT2D eigenvalue weighted by atomic mass is 10.0. The molecule has 0 spiro atoms. The Hall–Kier alpha value is -4.56. The fourth-order valence-electron chi connectivity index (χ4n) is 3.21. The quantitative estimate of drug-likeness (QED) is 0.253. The van der Waals surface area contributed by atoms with Crippen LogP contribution in [0, 0.1) is 28.4 Å². The second kappa shape index (κ2) is 10.8. The van der Waals surface area contributed by atoms with Gasteiger partial charge in [-0.05, 0) is 48.9 Å². The summed E-state index contributed by atoms with van der Waals surface area (Å²) in [5.41, 5.74) is 1.34. The highest BCUT2D eigenvalue weighted by Gasteiger charge is 2.30. The first-order valence-corrected chi connectivity index (χ1v) is 12.0. The number of aryl methyl sites for hydroxylation is 1. The van der Waals surface area contributed by atoms with E-state index in [-0.39, 0.29) is 16.1 Å². The Balaban J connectivity index is 1.87. The van der Waals surface area contributed by atoms with Gasteiger partial charge < -0.3 is 4.74 Å². The highest BCUT2D eigenvalue weighted by Crippen LogP contribution is 2.26. The van der Waals surface area contributed by atoms with Crippen molar-refractivity contribution < 1.29 is 27.7 Å². The molecule has 0 aromatic heterocycles. The monoisotopic (exact) mass is 507 g/mol. The van der Waals surface area contributed by atoms with Crippen molar-refractivity contribution in [3.05, 3.63) is 105 Å². The van der Waals surface area contributed by atoms with Crippen LogP contribution >= 0.6 is 0 Å². The molecule has 1 amide bonds. The Labute approximate surface area is 207 Å². The number of sulfonamides is 1. The smallest absolute Gasteiger partial charge is 0.338 e. The zero-order valence-corrected chi connectivity index (χ0v) is 20.1. The number of nitriles is 1. The Bertz CT molecular complexity index is 1430. The van der Waals surface area contributed by atoms with Gasteiger partial charge in [-0.1, -0.05) is 29.8 Å². The van der Waals surface area contributed by atoms with Crippen molar-refractivity contribution in [3.8, 4) is 6.07 Å². The van der Waals surface area contributed by atoms with Crippen LogP contribution in [-0.4, -0.2) is 36.6 Å². The van der Waals surface area contributed by atoms with E-state index in [4.69, 9.17) is 10.00 Å². The summed E-state index contributed by atoms with van der Waals surface area (Å²) in [5, 5.41) is 19.9. The van der Waals surface area contributed by atoms with Crippen LogP contribution in [0.2, 0.25) is 0 Å². The standard InChI is InChI=1S/C25H21N3O7S/c1-17-3-13-22(14-4-17)36(33,34)27(2)24(29)15-23(19-7-5-18(16-26)6-8-19)35-25(30)20-9-11-21(12-10-20)28(31)32/h3-14,23H,15H2,1-2H3. The third-order valence-corrected chi connectivity index (χ3v) is 7.16. The van der Waals surface area contributed by atoms with Gasteiger partial charge in [0, 0.05) is 19.2 Å². The number of hydrogen-bond donors (Lipinski definition) is 0. The van der Waals surface area contributed by atoms with E-state index in [9.17, 15) is 28.1 Å². The van der Waals surface area contributed by atoms with E-state index in [1.807, 2.05) is 6.07 Å². The third-order valence-electron chi connectivity index (χ3n) is 5.37. The number of nitrogens with zero attached hydrogens (tertiary/aromatic N) is 3. The zero-order valence-electron chi connectivity index (χ0n) is 19.3. The maximum absolute atomic E-state index is 13.0.